The number of aryl methyl sites for hydroxylation is 3. The van der Waals surface area contributed by atoms with Gasteiger partial charge in [-0.1, -0.05) is 133 Å². The van der Waals surface area contributed by atoms with Crippen molar-refractivity contribution in [2.75, 3.05) is 6.66 Å². The van der Waals surface area contributed by atoms with E-state index in [-0.39, 0.29) is 7.92 Å². The molecule has 0 saturated carbocycles. The van der Waals surface area contributed by atoms with Crippen molar-refractivity contribution in [2.45, 2.75) is 20.8 Å². The van der Waals surface area contributed by atoms with Gasteiger partial charge >= 0.3 is 0 Å². The molecule has 0 N–H and O–H groups in total. The molecule has 5 aromatic carbocycles. The third-order valence-corrected chi connectivity index (χ3v) is 11.5. The van der Waals surface area contributed by atoms with Crippen LogP contribution in [0.1, 0.15) is 16.7 Å². The number of rotatable bonds is 5. The summed E-state index contributed by atoms with van der Waals surface area (Å²) < 4.78 is 0. The van der Waals surface area contributed by atoms with E-state index in [4.69, 9.17) is 0 Å². The zero-order valence-electron chi connectivity index (χ0n) is 21.6. The average Bonchev–Trinajstić information content (AvgIpc) is 2.93. The molecule has 180 valence electrons. The van der Waals surface area contributed by atoms with Crippen LogP contribution in [0.3, 0.4) is 0 Å². The van der Waals surface area contributed by atoms with Gasteiger partial charge in [0.25, 0.3) is 0 Å². The smallest absolute Gasteiger partial charge is 0.0122 e. The molecule has 0 spiro atoms. The van der Waals surface area contributed by atoms with E-state index in [1.54, 1.807) is 0 Å². The summed E-state index contributed by atoms with van der Waals surface area (Å²) in [5.74, 6) is 0. The third kappa shape index (κ3) is 6.39. The Morgan fingerprint density at radius 2 is 0.639 bits per heavy atom. The molecular formula is C34H34P2. The summed E-state index contributed by atoms with van der Waals surface area (Å²) in [4.78, 5) is 0. The molecule has 0 atom stereocenters. The predicted octanol–water partition coefficient (Wildman–Crippen LogP) is 7.12. The molecule has 2 heteroatoms. The van der Waals surface area contributed by atoms with Crippen LogP contribution in [-0.2, 0) is 0 Å². The van der Waals surface area contributed by atoms with Crippen molar-refractivity contribution < 1.29 is 0 Å². The first-order valence-electron chi connectivity index (χ1n) is 12.4. The van der Waals surface area contributed by atoms with Gasteiger partial charge in [0, 0.05) is 0 Å². The molecule has 36 heavy (non-hydrogen) atoms. The van der Waals surface area contributed by atoms with Gasteiger partial charge < -0.3 is 0 Å². The third-order valence-electron chi connectivity index (χ3n) is 6.36. The van der Waals surface area contributed by atoms with Crippen LogP contribution in [0, 0.1) is 20.8 Å². The van der Waals surface area contributed by atoms with Crippen molar-refractivity contribution >= 4 is 42.4 Å². The monoisotopic (exact) mass is 504 g/mol. The van der Waals surface area contributed by atoms with Gasteiger partial charge in [-0.05, 0) is 86.5 Å². The second kappa shape index (κ2) is 12.8. The van der Waals surface area contributed by atoms with Gasteiger partial charge in [-0.3, -0.25) is 0 Å². The van der Waals surface area contributed by atoms with E-state index >= 15 is 0 Å². The van der Waals surface area contributed by atoms with Gasteiger partial charge in [0.05, 0.1) is 0 Å². The van der Waals surface area contributed by atoms with Crippen molar-refractivity contribution in [1.29, 1.82) is 0 Å². The summed E-state index contributed by atoms with van der Waals surface area (Å²) in [5, 5.41) is 7.26. The Hall–Kier alpha value is -3.04. The normalized spacial score (nSPS) is 10.7. The lowest BCUT2D eigenvalue weighted by atomic mass is 10.2. The molecule has 0 amide bonds. The molecular weight excluding hydrogens is 470 g/mol. The molecule has 5 rings (SSSR count). The van der Waals surface area contributed by atoms with E-state index in [2.05, 4.69) is 161 Å². The fourth-order valence-corrected chi connectivity index (χ4v) is 8.59. The lowest BCUT2D eigenvalue weighted by Gasteiger charge is -2.24. The van der Waals surface area contributed by atoms with Gasteiger partial charge in [0.1, 0.15) is 0 Å². The number of hydrogen-bond acceptors (Lipinski definition) is 0. The minimum Gasteiger partial charge on any atom is -0.0622 e. The van der Waals surface area contributed by atoms with E-state index in [0.717, 1.165) is 0 Å². The first-order chi connectivity index (χ1) is 17.6. The van der Waals surface area contributed by atoms with E-state index in [1.165, 1.54) is 43.2 Å². The summed E-state index contributed by atoms with van der Waals surface area (Å²) >= 11 is 0. The number of hydrogen-bond donors (Lipinski definition) is 0. The second-order valence-electron chi connectivity index (χ2n) is 8.92. The molecule has 0 aliphatic heterocycles. The maximum absolute atomic E-state index is 2.31. The molecule has 0 fully saturated rings. The van der Waals surface area contributed by atoms with E-state index < -0.39 is 7.92 Å². The Labute approximate surface area is 219 Å². The topological polar surface area (TPSA) is 0 Å². The predicted molar refractivity (Wildman–Crippen MR) is 164 cm³/mol. The second-order valence-corrected chi connectivity index (χ2v) is 13.2. The highest BCUT2D eigenvalue weighted by Crippen LogP contribution is 2.36. The first-order valence-corrected chi connectivity index (χ1v) is 15.5. The summed E-state index contributed by atoms with van der Waals surface area (Å²) in [7, 11) is -0.679. The Morgan fingerprint density at radius 1 is 0.361 bits per heavy atom. The van der Waals surface area contributed by atoms with E-state index in [1.807, 2.05) is 0 Å². The Balaban J connectivity index is 0.000000187. The molecule has 0 unspecified atom stereocenters. The minimum atomic E-state index is -0.508. The molecule has 0 bridgehead atoms. The Morgan fingerprint density at radius 3 is 0.944 bits per heavy atom. The lowest BCUT2D eigenvalue weighted by molar-refractivity contribution is 1.49. The van der Waals surface area contributed by atoms with Crippen molar-refractivity contribution in [3.05, 3.63) is 150 Å². The van der Waals surface area contributed by atoms with Crippen LogP contribution in [0.15, 0.2) is 133 Å². The van der Waals surface area contributed by atoms with Crippen molar-refractivity contribution in [3.63, 3.8) is 0 Å². The van der Waals surface area contributed by atoms with Crippen LogP contribution >= 0.6 is 15.8 Å². The van der Waals surface area contributed by atoms with Crippen LogP contribution in [0.25, 0.3) is 0 Å². The molecule has 5 aromatic rings. The van der Waals surface area contributed by atoms with Crippen LogP contribution in [0.5, 0.6) is 0 Å². The van der Waals surface area contributed by atoms with Gasteiger partial charge in [-0.15, -0.1) is 0 Å². The summed E-state index contributed by atoms with van der Waals surface area (Å²) in [6.45, 7) is 8.98. The van der Waals surface area contributed by atoms with Gasteiger partial charge in [-0.25, -0.2) is 0 Å². The van der Waals surface area contributed by atoms with Gasteiger partial charge in [0.2, 0.25) is 0 Å². The SMILES string of the molecule is CP(c1ccccc1)c1ccccc1.Cc1ccccc1P(c1ccccc1C)c1ccccc1C. The lowest BCUT2D eigenvalue weighted by Crippen LogP contribution is -2.25. The molecule has 0 aliphatic rings. The minimum absolute atomic E-state index is 0.171. The van der Waals surface area contributed by atoms with Crippen LogP contribution in [0.4, 0.5) is 0 Å². The molecule has 0 saturated heterocycles. The first kappa shape index (κ1) is 26.0. The number of benzene rings is 5. The van der Waals surface area contributed by atoms with Crippen LogP contribution in [-0.4, -0.2) is 6.66 Å². The van der Waals surface area contributed by atoms with Crippen LogP contribution < -0.4 is 26.5 Å². The van der Waals surface area contributed by atoms with Crippen LogP contribution in [0.2, 0.25) is 0 Å². The van der Waals surface area contributed by atoms with Crippen molar-refractivity contribution in [3.8, 4) is 0 Å². The quantitative estimate of drug-likeness (QED) is 0.224. The average molecular weight is 505 g/mol. The Bertz CT molecular complexity index is 1230. The fourth-order valence-electron chi connectivity index (χ4n) is 4.28. The zero-order valence-corrected chi connectivity index (χ0v) is 23.4. The fraction of sp³-hybridized carbons (Fsp3) is 0.118. The molecule has 0 heterocycles. The summed E-state index contributed by atoms with van der Waals surface area (Å²) in [5.41, 5.74) is 4.13. The molecule has 0 aromatic heterocycles. The molecule has 0 aliphatic carbocycles. The van der Waals surface area contributed by atoms with E-state index in [0.29, 0.717) is 0 Å². The standard InChI is InChI=1S/C21H21P.C13H13P/c1-16-10-4-7-13-19(16)22(20-14-8-5-11-17(20)2)21-15-9-6-12-18(21)3;1-14(12-8-4-2-5-9-12)13-10-6-3-7-11-13/h4-15H,1-3H3;2-11H,1H3. The summed E-state index contributed by atoms with van der Waals surface area (Å²) in [6.07, 6.45) is 0. The highest BCUT2D eigenvalue weighted by Gasteiger charge is 2.20. The largest absolute Gasteiger partial charge is 0.0622 e. The van der Waals surface area contributed by atoms with Gasteiger partial charge in [-0.2, -0.15) is 0 Å². The maximum atomic E-state index is 2.31. The van der Waals surface area contributed by atoms with Crippen molar-refractivity contribution in [2.24, 2.45) is 0 Å². The maximum Gasteiger partial charge on any atom is -0.0122 e. The highest BCUT2D eigenvalue weighted by atomic mass is 31.1. The van der Waals surface area contributed by atoms with Gasteiger partial charge in [0.15, 0.2) is 0 Å². The van der Waals surface area contributed by atoms with Crippen molar-refractivity contribution in [1.82, 2.24) is 0 Å². The molecule has 0 radical (unpaired) electrons. The summed E-state index contributed by atoms with van der Waals surface area (Å²) in [6, 6.07) is 47.8. The molecule has 0 nitrogen and oxygen atoms in total. The highest BCUT2D eigenvalue weighted by molar-refractivity contribution is 7.80. The van der Waals surface area contributed by atoms with E-state index in [9.17, 15) is 0 Å². The zero-order chi connectivity index (χ0) is 25.3. The Kier molecular flexibility index (Phi) is 9.24.